The van der Waals surface area contributed by atoms with Crippen LogP contribution in [-0.2, 0) is 11.2 Å². The van der Waals surface area contributed by atoms with Crippen molar-refractivity contribution < 1.29 is 14.0 Å². The van der Waals surface area contributed by atoms with E-state index in [0.717, 1.165) is 29.1 Å². The second-order valence-electron chi connectivity index (χ2n) is 7.90. The lowest BCUT2D eigenvalue weighted by Gasteiger charge is -2.32. The number of nitrogens with one attached hydrogen (secondary N) is 3. The van der Waals surface area contributed by atoms with Crippen LogP contribution in [0, 0.1) is 5.82 Å². The van der Waals surface area contributed by atoms with Crippen LogP contribution in [0.2, 0.25) is 10.0 Å². The number of likely N-dealkylation sites (N-methyl/N-ethyl adjacent to an activating group) is 1. The van der Waals surface area contributed by atoms with Gasteiger partial charge in [-0.15, -0.1) is 0 Å². The van der Waals surface area contributed by atoms with E-state index in [-0.39, 0.29) is 23.2 Å². The number of rotatable bonds is 4. The van der Waals surface area contributed by atoms with Crippen LogP contribution < -0.4 is 16.2 Å². The molecule has 0 spiro atoms. The SMILES string of the molecule is CC1c2c(Cl)cc(Cl)cc2CCN1C.CNC(=O)c1c[nH]c(=O)c2cc(F)c(NCC=O)cc12. The van der Waals surface area contributed by atoms with E-state index in [2.05, 4.69) is 34.5 Å². The van der Waals surface area contributed by atoms with Gasteiger partial charge in [0, 0.05) is 41.3 Å². The quantitative estimate of drug-likeness (QED) is 0.461. The van der Waals surface area contributed by atoms with Gasteiger partial charge in [-0.05, 0) is 55.8 Å². The Kier molecular flexibility index (Phi) is 8.30. The molecule has 0 saturated carbocycles. The normalized spacial score (nSPS) is 15.2. The molecule has 1 aromatic heterocycles. The number of nitrogens with zero attached hydrogens (tertiary/aromatic N) is 1. The summed E-state index contributed by atoms with van der Waals surface area (Å²) >= 11 is 12.2. The topological polar surface area (TPSA) is 94.3 Å². The molecule has 0 radical (unpaired) electrons. The first-order chi connectivity index (χ1) is 16.2. The van der Waals surface area contributed by atoms with Gasteiger partial charge in [-0.2, -0.15) is 0 Å². The molecule has 2 heterocycles. The molecule has 7 nitrogen and oxygen atoms in total. The van der Waals surface area contributed by atoms with Crippen molar-refractivity contribution >= 4 is 51.9 Å². The number of hydrogen-bond donors (Lipinski definition) is 3. The highest BCUT2D eigenvalue weighted by atomic mass is 35.5. The van der Waals surface area contributed by atoms with Crippen LogP contribution in [-0.4, -0.2) is 49.3 Å². The molecule has 1 unspecified atom stereocenters. The van der Waals surface area contributed by atoms with Gasteiger partial charge in [0.05, 0.1) is 23.2 Å². The average molecular weight is 507 g/mol. The predicted octanol–water partition coefficient (Wildman–Crippen LogP) is 4.18. The summed E-state index contributed by atoms with van der Waals surface area (Å²) in [6.45, 7) is 3.18. The lowest BCUT2D eigenvalue weighted by molar-refractivity contribution is -0.106. The Morgan fingerprint density at radius 3 is 2.68 bits per heavy atom. The zero-order valence-electron chi connectivity index (χ0n) is 19.0. The highest BCUT2D eigenvalue weighted by Gasteiger charge is 2.23. The first-order valence-corrected chi connectivity index (χ1v) is 11.4. The highest BCUT2D eigenvalue weighted by Crippen LogP contribution is 2.35. The molecule has 0 fully saturated rings. The van der Waals surface area contributed by atoms with E-state index >= 15 is 0 Å². The zero-order chi connectivity index (χ0) is 25.0. The Labute approximate surface area is 206 Å². The average Bonchev–Trinajstić information content (AvgIpc) is 2.80. The summed E-state index contributed by atoms with van der Waals surface area (Å²) in [6.07, 6.45) is 2.89. The maximum absolute atomic E-state index is 13.8. The Morgan fingerprint density at radius 1 is 1.26 bits per heavy atom. The molecule has 1 amide bonds. The largest absolute Gasteiger partial charge is 0.376 e. The van der Waals surface area contributed by atoms with E-state index in [1.165, 1.54) is 30.4 Å². The number of hydrogen-bond acceptors (Lipinski definition) is 5. The number of aromatic amines is 1. The number of fused-ring (bicyclic) bond motifs is 2. The maximum atomic E-state index is 13.8. The molecule has 1 atom stereocenters. The number of amides is 1. The molecule has 1 aliphatic rings. The van der Waals surface area contributed by atoms with Crippen LogP contribution in [0.15, 0.2) is 35.3 Å². The highest BCUT2D eigenvalue weighted by molar-refractivity contribution is 6.35. The minimum Gasteiger partial charge on any atom is -0.376 e. The molecule has 2 aromatic carbocycles. The molecule has 0 aliphatic carbocycles. The molecular weight excluding hydrogens is 482 g/mol. The zero-order valence-corrected chi connectivity index (χ0v) is 20.5. The molecule has 0 bridgehead atoms. The Morgan fingerprint density at radius 2 is 2.00 bits per heavy atom. The predicted molar refractivity (Wildman–Crippen MR) is 134 cm³/mol. The van der Waals surface area contributed by atoms with Gasteiger partial charge in [0.2, 0.25) is 0 Å². The Balaban J connectivity index is 0.000000202. The van der Waals surface area contributed by atoms with E-state index < -0.39 is 17.3 Å². The van der Waals surface area contributed by atoms with Gasteiger partial charge in [-0.3, -0.25) is 14.5 Å². The van der Waals surface area contributed by atoms with Crippen molar-refractivity contribution in [2.45, 2.75) is 19.4 Å². The van der Waals surface area contributed by atoms with Gasteiger partial charge in [-0.25, -0.2) is 4.39 Å². The van der Waals surface area contributed by atoms with Crippen LogP contribution in [0.25, 0.3) is 10.8 Å². The number of carbonyl (C=O) groups is 2. The fourth-order valence-electron chi connectivity index (χ4n) is 3.91. The molecule has 10 heteroatoms. The van der Waals surface area contributed by atoms with Crippen molar-refractivity contribution in [1.29, 1.82) is 0 Å². The van der Waals surface area contributed by atoms with E-state index in [1.807, 2.05) is 12.1 Å². The summed E-state index contributed by atoms with van der Waals surface area (Å²) in [4.78, 5) is 38.5. The lowest BCUT2D eigenvalue weighted by atomic mass is 9.94. The Hall–Kier alpha value is -2.94. The fraction of sp³-hybridized carbons (Fsp3) is 0.292. The van der Waals surface area contributed by atoms with Crippen molar-refractivity contribution in [3.8, 4) is 0 Å². The van der Waals surface area contributed by atoms with Crippen molar-refractivity contribution in [2.24, 2.45) is 0 Å². The molecular formula is C24H25Cl2FN4O3. The van der Waals surface area contributed by atoms with Crippen LogP contribution in [0.5, 0.6) is 0 Å². The van der Waals surface area contributed by atoms with Gasteiger partial charge in [0.15, 0.2) is 0 Å². The third kappa shape index (κ3) is 5.41. The molecule has 180 valence electrons. The number of benzene rings is 2. The fourth-order valence-corrected chi connectivity index (χ4v) is 4.60. The third-order valence-electron chi connectivity index (χ3n) is 5.83. The van der Waals surface area contributed by atoms with E-state index in [1.54, 1.807) is 0 Å². The molecule has 4 rings (SSSR count). The third-order valence-corrected chi connectivity index (χ3v) is 6.36. The number of H-pyrrole nitrogens is 1. The van der Waals surface area contributed by atoms with Crippen LogP contribution in [0.4, 0.5) is 10.1 Å². The monoisotopic (exact) mass is 506 g/mol. The van der Waals surface area contributed by atoms with Gasteiger partial charge >= 0.3 is 0 Å². The number of aldehydes is 1. The Bertz CT molecular complexity index is 1300. The number of carbonyl (C=O) groups excluding carboxylic acids is 2. The van der Waals surface area contributed by atoms with Crippen molar-refractivity contribution in [3.63, 3.8) is 0 Å². The van der Waals surface area contributed by atoms with Crippen molar-refractivity contribution in [1.82, 2.24) is 15.2 Å². The number of pyridine rings is 1. The van der Waals surface area contributed by atoms with Crippen molar-refractivity contribution in [3.05, 3.63) is 73.4 Å². The number of aromatic nitrogens is 1. The molecule has 3 aromatic rings. The first kappa shape index (κ1) is 25.7. The van der Waals surface area contributed by atoms with E-state index in [0.29, 0.717) is 17.7 Å². The second kappa shape index (κ2) is 11.0. The minimum atomic E-state index is -0.668. The molecule has 1 aliphatic heterocycles. The van der Waals surface area contributed by atoms with Crippen LogP contribution in [0.3, 0.4) is 0 Å². The van der Waals surface area contributed by atoms with Gasteiger partial charge < -0.3 is 20.4 Å². The van der Waals surface area contributed by atoms with Gasteiger partial charge in [0.25, 0.3) is 11.5 Å². The second-order valence-corrected chi connectivity index (χ2v) is 8.75. The van der Waals surface area contributed by atoms with E-state index in [9.17, 15) is 18.8 Å². The molecule has 34 heavy (non-hydrogen) atoms. The maximum Gasteiger partial charge on any atom is 0.255 e. The smallest absolute Gasteiger partial charge is 0.255 e. The van der Waals surface area contributed by atoms with Crippen LogP contribution in [0.1, 0.15) is 34.5 Å². The first-order valence-electron chi connectivity index (χ1n) is 10.6. The summed E-state index contributed by atoms with van der Waals surface area (Å²) in [5.41, 5.74) is 2.32. The summed E-state index contributed by atoms with van der Waals surface area (Å²) < 4.78 is 13.8. The summed E-state index contributed by atoms with van der Waals surface area (Å²) in [7, 11) is 3.58. The standard InChI is InChI=1S/C13H12FN3O3.C11H13Cl2N/c1-15-12(19)9-6-17-13(20)8-4-10(14)11(5-7(8)9)16-2-3-18;1-7-11-8(3-4-14(7)2)5-9(12)6-10(11)13/h3-6,16H,2H2,1H3,(H,15,19)(H,17,20);5-7H,3-4H2,1-2H3. The van der Waals surface area contributed by atoms with E-state index in [4.69, 9.17) is 23.2 Å². The number of anilines is 1. The molecule has 3 N–H and O–H groups in total. The summed E-state index contributed by atoms with van der Waals surface area (Å²) in [5, 5.41) is 6.93. The van der Waals surface area contributed by atoms with Crippen LogP contribution >= 0.6 is 23.2 Å². The summed E-state index contributed by atoms with van der Waals surface area (Å²) in [5.74, 6) is -1.07. The van der Waals surface area contributed by atoms with Gasteiger partial charge in [-0.1, -0.05) is 23.2 Å². The van der Waals surface area contributed by atoms with Crippen molar-refractivity contribution in [2.75, 3.05) is 32.5 Å². The lowest BCUT2D eigenvalue weighted by Crippen LogP contribution is -2.30. The number of halogens is 3. The summed E-state index contributed by atoms with van der Waals surface area (Å²) in [6, 6.07) is 6.63. The minimum absolute atomic E-state index is 0.0559. The van der Waals surface area contributed by atoms with Gasteiger partial charge in [0.1, 0.15) is 12.1 Å². The molecule has 0 saturated heterocycles.